The molecule has 2 aromatic carbocycles. The number of ether oxygens (including phenoxy) is 1. The third-order valence-electron chi connectivity index (χ3n) is 4.83. The fraction of sp³-hybridized carbons (Fsp3) is 0.304. The molecule has 27 heavy (non-hydrogen) atoms. The number of carbonyl (C=O) groups is 1. The van der Waals surface area contributed by atoms with Gasteiger partial charge in [0, 0.05) is 30.7 Å². The SMILES string of the molecule is O=C(NCCCOCC1CC1)c1cc(-c2ccccc2)nc2ccccc12. The maximum atomic E-state index is 12.8. The molecule has 1 aromatic heterocycles. The molecule has 138 valence electrons. The van der Waals surface area contributed by atoms with Crippen molar-refractivity contribution >= 4 is 16.8 Å². The quantitative estimate of drug-likeness (QED) is 0.604. The molecule has 1 amide bonds. The Labute approximate surface area is 159 Å². The van der Waals surface area contributed by atoms with Gasteiger partial charge in [-0.25, -0.2) is 4.98 Å². The van der Waals surface area contributed by atoms with Crippen molar-refractivity contribution in [3.05, 3.63) is 66.2 Å². The van der Waals surface area contributed by atoms with E-state index in [0.717, 1.165) is 41.1 Å². The van der Waals surface area contributed by atoms with Gasteiger partial charge >= 0.3 is 0 Å². The molecule has 1 heterocycles. The summed E-state index contributed by atoms with van der Waals surface area (Å²) in [6, 6.07) is 19.6. The summed E-state index contributed by atoms with van der Waals surface area (Å²) < 4.78 is 5.63. The van der Waals surface area contributed by atoms with Crippen LogP contribution in [0.4, 0.5) is 0 Å². The van der Waals surface area contributed by atoms with Gasteiger partial charge in [-0.15, -0.1) is 0 Å². The third kappa shape index (κ3) is 4.52. The van der Waals surface area contributed by atoms with E-state index in [2.05, 4.69) is 5.32 Å². The fourth-order valence-corrected chi connectivity index (χ4v) is 3.13. The van der Waals surface area contributed by atoms with Crippen molar-refractivity contribution in [1.82, 2.24) is 10.3 Å². The number of aromatic nitrogens is 1. The summed E-state index contributed by atoms with van der Waals surface area (Å²) in [4.78, 5) is 17.5. The van der Waals surface area contributed by atoms with Gasteiger partial charge in [-0.05, 0) is 37.3 Å². The van der Waals surface area contributed by atoms with Crippen molar-refractivity contribution in [2.75, 3.05) is 19.8 Å². The number of hydrogen-bond acceptors (Lipinski definition) is 3. The summed E-state index contributed by atoms with van der Waals surface area (Å²) in [5.74, 6) is 0.715. The van der Waals surface area contributed by atoms with Crippen LogP contribution in [0.1, 0.15) is 29.6 Å². The van der Waals surface area contributed by atoms with Gasteiger partial charge in [0.05, 0.1) is 16.8 Å². The maximum Gasteiger partial charge on any atom is 0.252 e. The standard InChI is InChI=1S/C23H24N2O2/c26-23(24-13-6-14-27-16-17-11-12-17)20-15-22(18-7-2-1-3-8-18)25-21-10-5-4-9-19(20)21/h1-5,7-10,15,17H,6,11-14,16H2,(H,24,26). The molecule has 4 nitrogen and oxygen atoms in total. The molecule has 1 saturated carbocycles. The lowest BCUT2D eigenvalue weighted by Gasteiger charge is -2.11. The van der Waals surface area contributed by atoms with Crippen LogP contribution in [-0.2, 0) is 4.74 Å². The Morgan fingerprint density at radius 1 is 1.07 bits per heavy atom. The first-order valence-electron chi connectivity index (χ1n) is 9.62. The lowest BCUT2D eigenvalue weighted by molar-refractivity contribution is 0.0939. The van der Waals surface area contributed by atoms with E-state index >= 15 is 0 Å². The molecule has 0 bridgehead atoms. The second-order valence-electron chi connectivity index (χ2n) is 7.07. The van der Waals surface area contributed by atoms with Gasteiger partial charge in [-0.3, -0.25) is 4.79 Å². The van der Waals surface area contributed by atoms with Crippen molar-refractivity contribution in [3.63, 3.8) is 0 Å². The highest BCUT2D eigenvalue weighted by molar-refractivity contribution is 6.07. The zero-order chi connectivity index (χ0) is 18.5. The number of amides is 1. The van der Waals surface area contributed by atoms with E-state index in [1.165, 1.54) is 12.8 Å². The van der Waals surface area contributed by atoms with Crippen LogP contribution in [0.25, 0.3) is 22.2 Å². The van der Waals surface area contributed by atoms with E-state index in [0.29, 0.717) is 18.7 Å². The summed E-state index contributed by atoms with van der Waals surface area (Å²) in [7, 11) is 0. The zero-order valence-corrected chi connectivity index (χ0v) is 15.4. The Morgan fingerprint density at radius 2 is 1.85 bits per heavy atom. The number of nitrogens with one attached hydrogen (secondary N) is 1. The molecule has 4 rings (SSSR count). The van der Waals surface area contributed by atoms with E-state index in [4.69, 9.17) is 9.72 Å². The number of carbonyl (C=O) groups excluding carboxylic acids is 1. The Balaban J connectivity index is 1.48. The number of para-hydroxylation sites is 1. The monoisotopic (exact) mass is 360 g/mol. The smallest absolute Gasteiger partial charge is 0.252 e. The second kappa shape index (κ2) is 8.31. The Kier molecular flexibility index (Phi) is 5.45. The fourth-order valence-electron chi connectivity index (χ4n) is 3.13. The van der Waals surface area contributed by atoms with E-state index in [-0.39, 0.29) is 5.91 Å². The summed E-state index contributed by atoms with van der Waals surface area (Å²) >= 11 is 0. The van der Waals surface area contributed by atoms with Crippen LogP contribution >= 0.6 is 0 Å². The van der Waals surface area contributed by atoms with Crippen molar-refractivity contribution in [3.8, 4) is 11.3 Å². The molecule has 0 aliphatic heterocycles. The minimum Gasteiger partial charge on any atom is -0.381 e. The topological polar surface area (TPSA) is 51.2 Å². The van der Waals surface area contributed by atoms with E-state index in [1.807, 2.05) is 60.7 Å². The molecule has 3 aromatic rings. The average Bonchev–Trinajstić information content (AvgIpc) is 3.54. The molecule has 0 saturated heterocycles. The maximum absolute atomic E-state index is 12.8. The molecule has 0 spiro atoms. The highest BCUT2D eigenvalue weighted by atomic mass is 16.5. The molecule has 1 aliphatic carbocycles. The van der Waals surface area contributed by atoms with Gasteiger partial charge in [0.1, 0.15) is 0 Å². The van der Waals surface area contributed by atoms with Crippen LogP contribution < -0.4 is 5.32 Å². The summed E-state index contributed by atoms with van der Waals surface area (Å²) in [5, 5.41) is 3.90. The van der Waals surface area contributed by atoms with Crippen LogP contribution in [0.15, 0.2) is 60.7 Å². The van der Waals surface area contributed by atoms with Crippen LogP contribution in [-0.4, -0.2) is 30.6 Å². The lowest BCUT2D eigenvalue weighted by atomic mass is 10.0. The lowest BCUT2D eigenvalue weighted by Crippen LogP contribution is -2.25. The number of nitrogens with zero attached hydrogens (tertiary/aromatic N) is 1. The van der Waals surface area contributed by atoms with Gasteiger partial charge in [-0.2, -0.15) is 0 Å². The van der Waals surface area contributed by atoms with Crippen molar-refractivity contribution < 1.29 is 9.53 Å². The molecular formula is C23H24N2O2. The second-order valence-corrected chi connectivity index (χ2v) is 7.07. The summed E-state index contributed by atoms with van der Waals surface area (Å²) in [6.07, 6.45) is 3.43. The Morgan fingerprint density at radius 3 is 2.67 bits per heavy atom. The molecule has 0 unspecified atom stereocenters. The van der Waals surface area contributed by atoms with Gasteiger partial charge in [0.15, 0.2) is 0 Å². The zero-order valence-electron chi connectivity index (χ0n) is 15.4. The van der Waals surface area contributed by atoms with Crippen molar-refractivity contribution in [2.24, 2.45) is 5.92 Å². The predicted octanol–water partition coefficient (Wildman–Crippen LogP) is 4.45. The van der Waals surface area contributed by atoms with E-state index in [9.17, 15) is 4.79 Å². The predicted molar refractivity (Wildman–Crippen MR) is 108 cm³/mol. The molecule has 0 atom stereocenters. The highest BCUT2D eigenvalue weighted by Gasteiger charge is 2.20. The van der Waals surface area contributed by atoms with Crippen LogP contribution in [0, 0.1) is 5.92 Å². The minimum absolute atomic E-state index is 0.0621. The normalized spacial score (nSPS) is 13.6. The van der Waals surface area contributed by atoms with Gasteiger partial charge < -0.3 is 10.1 Å². The number of rotatable bonds is 8. The number of hydrogen-bond donors (Lipinski definition) is 1. The molecule has 1 aliphatic rings. The van der Waals surface area contributed by atoms with E-state index in [1.54, 1.807) is 0 Å². The third-order valence-corrected chi connectivity index (χ3v) is 4.83. The van der Waals surface area contributed by atoms with Crippen LogP contribution in [0.5, 0.6) is 0 Å². The van der Waals surface area contributed by atoms with Crippen LogP contribution in [0.2, 0.25) is 0 Å². The highest BCUT2D eigenvalue weighted by Crippen LogP contribution is 2.28. The van der Waals surface area contributed by atoms with Gasteiger partial charge in [0.25, 0.3) is 5.91 Å². The molecule has 0 radical (unpaired) electrons. The van der Waals surface area contributed by atoms with Crippen LogP contribution in [0.3, 0.4) is 0 Å². The summed E-state index contributed by atoms with van der Waals surface area (Å²) in [6.45, 7) is 2.17. The Bertz CT molecular complexity index is 920. The summed E-state index contributed by atoms with van der Waals surface area (Å²) in [5.41, 5.74) is 3.31. The first-order valence-corrected chi connectivity index (χ1v) is 9.62. The Hall–Kier alpha value is -2.72. The minimum atomic E-state index is -0.0621. The van der Waals surface area contributed by atoms with Crippen molar-refractivity contribution in [1.29, 1.82) is 0 Å². The number of pyridine rings is 1. The largest absolute Gasteiger partial charge is 0.381 e. The molecular weight excluding hydrogens is 336 g/mol. The molecule has 4 heteroatoms. The van der Waals surface area contributed by atoms with Gasteiger partial charge in [-0.1, -0.05) is 48.5 Å². The molecule has 1 N–H and O–H groups in total. The van der Waals surface area contributed by atoms with Gasteiger partial charge in [0.2, 0.25) is 0 Å². The number of fused-ring (bicyclic) bond motifs is 1. The van der Waals surface area contributed by atoms with E-state index < -0.39 is 0 Å². The average molecular weight is 360 g/mol. The first kappa shape index (κ1) is 17.7. The molecule has 1 fully saturated rings. The number of benzene rings is 2. The first-order chi connectivity index (χ1) is 13.3. The van der Waals surface area contributed by atoms with Crippen molar-refractivity contribution in [2.45, 2.75) is 19.3 Å².